The number of aliphatic hydroxyl groups is 5. The maximum absolute atomic E-state index is 10.6. The Morgan fingerprint density at radius 2 is 1.78 bits per heavy atom. The van der Waals surface area contributed by atoms with E-state index in [0.29, 0.717) is 0 Å². The van der Waals surface area contributed by atoms with E-state index in [1.165, 1.54) is 0 Å². The molecule has 1 heterocycles. The predicted octanol–water partition coefficient (Wildman–Crippen LogP) is -3.75. The van der Waals surface area contributed by atoms with Crippen molar-refractivity contribution >= 4 is 5.97 Å². The molecule has 6 N–H and O–H groups in total. The van der Waals surface area contributed by atoms with Gasteiger partial charge in [-0.15, -0.1) is 0 Å². The Bertz CT molecular complexity index is 281. The standard InChI is InChI=1S/C9H16O9/c10-1-3-5(12)6(13)7(14)9(17-3)18-4(2-11)8(15)16/h3-7,9-14H,1-2H2,(H,15,16)/t3?,4-,5+,6?,7?,9+/m0/s1. The van der Waals surface area contributed by atoms with Crippen molar-refractivity contribution in [1.82, 2.24) is 0 Å². The Labute approximate surface area is 102 Å². The average molecular weight is 268 g/mol. The molecule has 1 aliphatic heterocycles. The first-order valence-corrected chi connectivity index (χ1v) is 5.22. The molecule has 0 amide bonds. The first-order chi connectivity index (χ1) is 8.42. The van der Waals surface area contributed by atoms with Gasteiger partial charge in [0.25, 0.3) is 0 Å². The molecule has 0 radical (unpaired) electrons. The fraction of sp³-hybridized carbons (Fsp3) is 0.889. The van der Waals surface area contributed by atoms with Crippen molar-refractivity contribution in [2.24, 2.45) is 0 Å². The summed E-state index contributed by atoms with van der Waals surface area (Å²) >= 11 is 0. The maximum Gasteiger partial charge on any atom is 0.335 e. The first kappa shape index (κ1) is 15.2. The highest BCUT2D eigenvalue weighted by atomic mass is 16.7. The SMILES string of the molecule is O=C(O)[C@H](CO)O[C@H]1OC(CO)[C@@H](O)C(O)C1O. The highest BCUT2D eigenvalue weighted by Gasteiger charge is 2.45. The molecule has 1 rings (SSSR count). The van der Waals surface area contributed by atoms with Crippen LogP contribution in [0.25, 0.3) is 0 Å². The molecule has 1 fully saturated rings. The smallest absolute Gasteiger partial charge is 0.335 e. The molecule has 3 unspecified atom stereocenters. The summed E-state index contributed by atoms with van der Waals surface area (Å²) in [6.07, 6.45) is -9.32. The van der Waals surface area contributed by atoms with Crippen molar-refractivity contribution in [2.75, 3.05) is 13.2 Å². The largest absolute Gasteiger partial charge is 0.479 e. The van der Waals surface area contributed by atoms with Gasteiger partial charge in [0.15, 0.2) is 12.4 Å². The second kappa shape index (κ2) is 6.38. The Kier molecular flexibility index (Phi) is 5.41. The minimum atomic E-state index is -1.70. The summed E-state index contributed by atoms with van der Waals surface area (Å²) in [5, 5.41) is 54.7. The Balaban J connectivity index is 2.72. The quantitative estimate of drug-likeness (QED) is 0.294. The number of hydrogen-bond donors (Lipinski definition) is 6. The second-order valence-corrected chi connectivity index (χ2v) is 3.84. The molecule has 0 aliphatic carbocycles. The molecule has 0 aromatic heterocycles. The Morgan fingerprint density at radius 1 is 1.17 bits per heavy atom. The van der Waals surface area contributed by atoms with Crippen molar-refractivity contribution in [1.29, 1.82) is 0 Å². The van der Waals surface area contributed by atoms with Crippen LogP contribution in [0.5, 0.6) is 0 Å². The topological polar surface area (TPSA) is 157 Å². The second-order valence-electron chi connectivity index (χ2n) is 3.84. The minimum absolute atomic E-state index is 0.651. The van der Waals surface area contributed by atoms with Gasteiger partial charge in [-0.05, 0) is 0 Å². The molecule has 0 bridgehead atoms. The van der Waals surface area contributed by atoms with Gasteiger partial charge < -0.3 is 40.1 Å². The van der Waals surface area contributed by atoms with E-state index in [1.807, 2.05) is 0 Å². The van der Waals surface area contributed by atoms with Crippen LogP contribution in [0.2, 0.25) is 0 Å². The normalized spacial score (nSPS) is 38.4. The molecule has 18 heavy (non-hydrogen) atoms. The van der Waals surface area contributed by atoms with Gasteiger partial charge in [0.05, 0.1) is 13.2 Å². The molecule has 9 heteroatoms. The zero-order chi connectivity index (χ0) is 13.9. The van der Waals surface area contributed by atoms with Crippen LogP contribution in [-0.4, -0.2) is 86.6 Å². The summed E-state index contributed by atoms with van der Waals surface area (Å²) < 4.78 is 9.67. The number of carbonyl (C=O) groups is 1. The molecule has 1 aliphatic rings. The van der Waals surface area contributed by atoms with Gasteiger partial charge in [0.2, 0.25) is 0 Å². The fourth-order valence-electron chi connectivity index (χ4n) is 1.52. The van der Waals surface area contributed by atoms with Crippen LogP contribution in [-0.2, 0) is 14.3 Å². The zero-order valence-corrected chi connectivity index (χ0v) is 9.29. The van der Waals surface area contributed by atoms with Crippen LogP contribution >= 0.6 is 0 Å². The van der Waals surface area contributed by atoms with E-state index >= 15 is 0 Å². The first-order valence-electron chi connectivity index (χ1n) is 5.22. The number of carboxylic acid groups (broad SMARTS) is 1. The number of ether oxygens (including phenoxy) is 2. The van der Waals surface area contributed by atoms with E-state index in [-0.39, 0.29) is 0 Å². The van der Waals surface area contributed by atoms with Gasteiger partial charge >= 0.3 is 5.97 Å². The van der Waals surface area contributed by atoms with Gasteiger partial charge in [-0.2, -0.15) is 0 Å². The third-order valence-corrected chi connectivity index (χ3v) is 2.59. The molecule has 0 aromatic carbocycles. The third-order valence-electron chi connectivity index (χ3n) is 2.59. The van der Waals surface area contributed by atoms with Crippen molar-refractivity contribution in [3.05, 3.63) is 0 Å². The molecule has 0 aromatic rings. The lowest BCUT2D eigenvalue weighted by molar-refractivity contribution is -0.311. The van der Waals surface area contributed by atoms with Gasteiger partial charge in [0, 0.05) is 0 Å². The summed E-state index contributed by atoms with van der Waals surface area (Å²) in [5.41, 5.74) is 0. The third kappa shape index (κ3) is 3.14. The highest BCUT2D eigenvalue weighted by molar-refractivity contribution is 5.72. The van der Waals surface area contributed by atoms with E-state index in [1.54, 1.807) is 0 Å². The lowest BCUT2D eigenvalue weighted by Gasteiger charge is -2.40. The number of rotatable bonds is 5. The van der Waals surface area contributed by atoms with Crippen LogP contribution in [0, 0.1) is 0 Å². The lowest BCUT2D eigenvalue weighted by atomic mass is 9.99. The van der Waals surface area contributed by atoms with Crippen LogP contribution in [0.4, 0.5) is 0 Å². The lowest BCUT2D eigenvalue weighted by Crippen LogP contribution is -2.60. The van der Waals surface area contributed by atoms with Gasteiger partial charge in [0.1, 0.15) is 24.4 Å². The van der Waals surface area contributed by atoms with E-state index < -0.39 is 56.0 Å². The highest BCUT2D eigenvalue weighted by Crippen LogP contribution is 2.22. The van der Waals surface area contributed by atoms with Crippen LogP contribution < -0.4 is 0 Å². The van der Waals surface area contributed by atoms with Crippen LogP contribution in [0.3, 0.4) is 0 Å². The molecule has 0 saturated carbocycles. The zero-order valence-electron chi connectivity index (χ0n) is 9.29. The molecular formula is C9H16O9. The van der Waals surface area contributed by atoms with Crippen molar-refractivity contribution in [2.45, 2.75) is 36.8 Å². The van der Waals surface area contributed by atoms with E-state index in [2.05, 4.69) is 0 Å². The molecule has 6 atom stereocenters. The van der Waals surface area contributed by atoms with Crippen molar-refractivity contribution < 1.29 is 44.9 Å². The maximum atomic E-state index is 10.6. The van der Waals surface area contributed by atoms with Gasteiger partial charge in [-0.1, -0.05) is 0 Å². The number of carboxylic acids is 1. The van der Waals surface area contributed by atoms with Crippen molar-refractivity contribution in [3.8, 4) is 0 Å². The molecule has 1 saturated heterocycles. The number of aliphatic hydroxyl groups excluding tert-OH is 5. The predicted molar refractivity (Wildman–Crippen MR) is 53.4 cm³/mol. The summed E-state index contributed by atoms with van der Waals surface area (Å²) in [5.74, 6) is -1.48. The fourth-order valence-corrected chi connectivity index (χ4v) is 1.52. The van der Waals surface area contributed by atoms with E-state index in [9.17, 15) is 20.1 Å². The van der Waals surface area contributed by atoms with Gasteiger partial charge in [-0.3, -0.25) is 0 Å². The molecule has 9 nitrogen and oxygen atoms in total. The average Bonchev–Trinajstić information content (AvgIpc) is 2.35. The summed E-state index contributed by atoms with van der Waals surface area (Å²) in [6.45, 7) is -1.51. The van der Waals surface area contributed by atoms with Crippen LogP contribution in [0.1, 0.15) is 0 Å². The van der Waals surface area contributed by atoms with Crippen LogP contribution in [0.15, 0.2) is 0 Å². The molecular weight excluding hydrogens is 252 g/mol. The number of hydrogen-bond acceptors (Lipinski definition) is 8. The molecule has 106 valence electrons. The summed E-state index contributed by atoms with van der Waals surface area (Å²) in [7, 11) is 0. The van der Waals surface area contributed by atoms with E-state index in [0.717, 1.165) is 0 Å². The summed E-state index contributed by atoms with van der Waals surface area (Å²) in [4.78, 5) is 10.6. The summed E-state index contributed by atoms with van der Waals surface area (Å²) in [6, 6.07) is 0. The Hall–Kier alpha value is -0.810. The van der Waals surface area contributed by atoms with Crippen molar-refractivity contribution in [3.63, 3.8) is 0 Å². The van der Waals surface area contributed by atoms with Gasteiger partial charge in [-0.25, -0.2) is 4.79 Å². The molecule has 0 spiro atoms. The Morgan fingerprint density at radius 3 is 2.22 bits per heavy atom. The monoisotopic (exact) mass is 268 g/mol. The van der Waals surface area contributed by atoms with E-state index in [4.69, 9.17) is 24.8 Å². The number of aliphatic carboxylic acids is 1. The minimum Gasteiger partial charge on any atom is -0.479 e.